The Balaban J connectivity index is 2.35. The molecular weight excluding hydrogens is 284 g/mol. The van der Waals surface area contributed by atoms with Crippen LogP contribution >= 0.6 is 0 Å². The molecule has 1 aromatic carbocycles. The van der Waals surface area contributed by atoms with E-state index in [2.05, 4.69) is 15.0 Å². The number of alkyl halides is 2. The van der Waals surface area contributed by atoms with Gasteiger partial charge in [0.15, 0.2) is 5.82 Å². The van der Waals surface area contributed by atoms with Gasteiger partial charge in [0.05, 0.1) is 16.9 Å². The Morgan fingerprint density at radius 2 is 2.05 bits per heavy atom. The van der Waals surface area contributed by atoms with Gasteiger partial charge < -0.3 is 20.9 Å². The van der Waals surface area contributed by atoms with E-state index in [0.29, 0.717) is 0 Å². The lowest BCUT2D eigenvalue weighted by atomic mass is 10.2. The summed E-state index contributed by atoms with van der Waals surface area (Å²) in [5.74, 6) is -1.27. The van der Waals surface area contributed by atoms with Gasteiger partial charge in [-0.3, -0.25) is 0 Å². The molecule has 0 saturated carbocycles. The van der Waals surface area contributed by atoms with E-state index in [1.807, 2.05) is 0 Å². The van der Waals surface area contributed by atoms with Crippen LogP contribution in [0.4, 0.5) is 26.0 Å². The average Bonchev–Trinajstić information content (AvgIpc) is 2.42. The maximum atomic E-state index is 12.3. The quantitative estimate of drug-likeness (QED) is 0.784. The van der Waals surface area contributed by atoms with Crippen molar-refractivity contribution in [2.75, 3.05) is 11.1 Å². The topological polar surface area (TPSA) is 97.5 Å². The Hall–Kier alpha value is -2.90. The summed E-state index contributed by atoms with van der Waals surface area (Å²) in [7, 11) is 0. The minimum atomic E-state index is -2.98. The highest BCUT2D eigenvalue weighted by molar-refractivity contribution is 5.96. The van der Waals surface area contributed by atoms with Gasteiger partial charge >= 0.3 is 12.6 Å². The lowest BCUT2D eigenvalue weighted by Gasteiger charge is -2.13. The number of carboxylic acids is 1. The molecule has 0 saturated heterocycles. The van der Waals surface area contributed by atoms with Gasteiger partial charge in [-0.15, -0.1) is 0 Å². The number of benzene rings is 1. The molecule has 0 aliphatic carbocycles. The number of nitrogens with one attached hydrogen (secondary N) is 1. The number of para-hydroxylation sites is 2. The number of carbonyl (C=O) groups is 1. The van der Waals surface area contributed by atoms with Gasteiger partial charge in [0.1, 0.15) is 5.75 Å². The Labute approximate surface area is 118 Å². The van der Waals surface area contributed by atoms with Crippen LogP contribution in [0.3, 0.4) is 0 Å². The molecule has 0 fully saturated rings. The lowest BCUT2D eigenvalue weighted by Crippen LogP contribution is -2.08. The largest absolute Gasteiger partial charge is 0.478 e. The molecule has 0 spiro atoms. The van der Waals surface area contributed by atoms with E-state index < -0.39 is 12.6 Å². The minimum Gasteiger partial charge on any atom is -0.478 e. The second-order valence-electron chi connectivity index (χ2n) is 3.93. The zero-order valence-corrected chi connectivity index (χ0v) is 10.6. The third kappa shape index (κ3) is 3.35. The first kappa shape index (κ1) is 14.5. The molecule has 6 nitrogen and oxygen atoms in total. The van der Waals surface area contributed by atoms with Crippen LogP contribution in [0.1, 0.15) is 10.4 Å². The highest BCUT2D eigenvalue weighted by Gasteiger charge is 2.14. The number of ether oxygens (including phenoxy) is 1. The highest BCUT2D eigenvalue weighted by Crippen LogP contribution is 2.30. The molecule has 0 unspecified atom stereocenters. The number of nitrogens with zero attached hydrogens (tertiary/aromatic N) is 1. The maximum Gasteiger partial charge on any atom is 0.387 e. The number of aromatic carboxylic acids is 1. The third-order valence-corrected chi connectivity index (χ3v) is 2.58. The second kappa shape index (κ2) is 6.04. The van der Waals surface area contributed by atoms with E-state index >= 15 is 0 Å². The lowest BCUT2D eigenvalue weighted by molar-refractivity contribution is -0.0493. The molecule has 21 heavy (non-hydrogen) atoms. The minimum absolute atomic E-state index is 0.0419. The number of nitrogens with two attached hydrogens (primary N) is 1. The van der Waals surface area contributed by atoms with Gasteiger partial charge in [0.25, 0.3) is 0 Å². The predicted molar refractivity (Wildman–Crippen MR) is 72.0 cm³/mol. The zero-order chi connectivity index (χ0) is 15.4. The highest BCUT2D eigenvalue weighted by atomic mass is 19.3. The molecular formula is C13H11F2N3O3. The van der Waals surface area contributed by atoms with Crippen molar-refractivity contribution in [3.8, 4) is 5.75 Å². The predicted octanol–water partition coefficient (Wildman–Crippen LogP) is 2.71. The van der Waals surface area contributed by atoms with Crippen molar-refractivity contribution < 1.29 is 23.4 Å². The fraction of sp³-hybridized carbons (Fsp3) is 0.0769. The van der Waals surface area contributed by atoms with Crippen LogP contribution in [0, 0.1) is 0 Å². The van der Waals surface area contributed by atoms with Gasteiger partial charge in [0, 0.05) is 6.20 Å². The third-order valence-electron chi connectivity index (χ3n) is 2.58. The first-order valence-electron chi connectivity index (χ1n) is 5.77. The zero-order valence-electron chi connectivity index (χ0n) is 10.6. The van der Waals surface area contributed by atoms with Crippen LogP contribution < -0.4 is 15.8 Å². The smallest absolute Gasteiger partial charge is 0.387 e. The number of nitrogen functional groups attached to an aromatic ring is 1. The van der Waals surface area contributed by atoms with Gasteiger partial charge in [-0.2, -0.15) is 8.78 Å². The molecule has 0 amide bonds. The van der Waals surface area contributed by atoms with Crippen LogP contribution in [0.2, 0.25) is 0 Å². The molecule has 0 radical (unpaired) electrons. The second-order valence-corrected chi connectivity index (χ2v) is 3.93. The number of halogens is 2. The van der Waals surface area contributed by atoms with E-state index in [0.717, 1.165) is 0 Å². The number of hydrogen-bond donors (Lipinski definition) is 3. The van der Waals surface area contributed by atoms with Crippen LogP contribution in [-0.2, 0) is 0 Å². The van der Waals surface area contributed by atoms with Crippen molar-refractivity contribution in [1.82, 2.24) is 4.98 Å². The van der Waals surface area contributed by atoms with Crippen LogP contribution in [0.5, 0.6) is 5.75 Å². The summed E-state index contributed by atoms with van der Waals surface area (Å²) in [6, 6.07) is 7.17. The number of carboxylic acid groups (broad SMARTS) is 1. The van der Waals surface area contributed by atoms with Gasteiger partial charge in [0.2, 0.25) is 0 Å². The summed E-state index contributed by atoms with van der Waals surface area (Å²) in [6.45, 7) is -2.98. The summed E-state index contributed by atoms with van der Waals surface area (Å²) < 4.78 is 29.0. The Bertz CT molecular complexity index is 665. The van der Waals surface area contributed by atoms with E-state index in [-0.39, 0.29) is 28.5 Å². The van der Waals surface area contributed by atoms with Crippen LogP contribution in [-0.4, -0.2) is 22.7 Å². The molecule has 2 aromatic rings. The first-order valence-corrected chi connectivity index (χ1v) is 5.77. The van der Waals surface area contributed by atoms with Crippen molar-refractivity contribution in [1.29, 1.82) is 0 Å². The fourth-order valence-electron chi connectivity index (χ4n) is 1.66. The Kier molecular flexibility index (Phi) is 4.17. The van der Waals surface area contributed by atoms with E-state index in [1.54, 1.807) is 6.07 Å². The SMILES string of the molecule is Nc1c(C(=O)O)ccnc1Nc1ccccc1OC(F)F. The summed E-state index contributed by atoms with van der Waals surface area (Å²) in [5.41, 5.74) is 5.64. The maximum absolute atomic E-state index is 12.3. The molecule has 2 rings (SSSR count). The number of hydrogen-bond acceptors (Lipinski definition) is 5. The Morgan fingerprint density at radius 1 is 1.33 bits per heavy atom. The number of aromatic nitrogens is 1. The Morgan fingerprint density at radius 3 is 2.71 bits per heavy atom. The van der Waals surface area contributed by atoms with Gasteiger partial charge in [-0.25, -0.2) is 9.78 Å². The summed E-state index contributed by atoms with van der Waals surface area (Å²) in [6.07, 6.45) is 1.25. The van der Waals surface area contributed by atoms with E-state index in [1.165, 1.54) is 30.5 Å². The van der Waals surface area contributed by atoms with Crippen molar-refractivity contribution >= 4 is 23.2 Å². The van der Waals surface area contributed by atoms with Crippen LogP contribution in [0.15, 0.2) is 36.5 Å². The molecule has 0 aliphatic rings. The molecule has 0 atom stereocenters. The monoisotopic (exact) mass is 295 g/mol. The van der Waals surface area contributed by atoms with Crippen LogP contribution in [0.25, 0.3) is 0 Å². The molecule has 0 bridgehead atoms. The summed E-state index contributed by atoms with van der Waals surface area (Å²) in [5, 5.41) is 11.7. The summed E-state index contributed by atoms with van der Waals surface area (Å²) >= 11 is 0. The molecule has 1 aromatic heterocycles. The number of anilines is 3. The molecule has 8 heteroatoms. The standard InChI is InChI=1S/C13H11F2N3O3/c14-13(15)21-9-4-2-1-3-8(9)18-11-10(16)7(12(19)20)5-6-17-11/h1-6,13H,16H2,(H,17,18)(H,19,20). The van der Waals surface area contributed by atoms with E-state index in [9.17, 15) is 13.6 Å². The van der Waals surface area contributed by atoms with E-state index in [4.69, 9.17) is 10.8 Å². The first-order chi connectivity index (χ1) is 9.99. The van der Waals surface area contributed by atoms with Crippen molar-refractivity contribution in [2.45, 2.75) is 6.61 Å². The van der Waals surface area contributed by atoms with Gasteiger partial charge in [-0.05, 0) is 18.2 Å². The van der Waals surface area contributed by atoms with Crippen molar-refractivity contribution in [3.63, 3.8) is 0 Å². The fourth-order valence-corrected chi connectivity index (χ4v) is 1.66. The summed E-state index contributed by atoms with van der Waals surface area (Å²) in [4.78, 5) is 14.9. The average molecular weight is 295 g/mol. The van der Waals surface area contributed by atoms with Crippen molar-refractivity contribution in [2.24, 2.45) is 0 Å². The number of rotatable bonds is 5. The molecule has 110 valence electrons. The normalized spacial score (nSPS) is 10.4. The van der Waals surface area contributed by atoms with Gasteiger partial charge in [-0.1, -0.05) is 12.1 Å². The van der Waals surface area contributed by atoms with Crippen molar-refractivity contribution in [3.05, 3.63) is 42.1 Å². The molecule has 0 aliphatic heterocycles. The molecule has 1 heterocycles. The molecule has 4 N–H and O–H groups in total. The number of pyridine rings is 1.